The molecule has 8 heteroatoms. The van der Waals surface area contributed by atoms with Crippen LogP contribution in [0.25, 0.3) is 11.1 Å². The van der Waals surface area contributed by atoms with Gasteiger partial charge in [-0.05, 0) is 44.4 Å². The third-order valence-corrected chi connectivity index (χ3v) is 5.94. The second-order valence-corrected chi connectivity index (χ2v) is 7.85. The minimum atomic E-state index is -0.0916. The van der Waals surface area contributed by atoms with Crippen LogP contribution >= 0.6 is 0 Å². The van der Waals surface area contributed by atoms with Crippen molar-refractivity contribution in [2.75, 3.05) is 24.8 Å². The Morgan fingerprint density at radius 2 is 2.10 bits per heavy atom. The number of aryl methyl sites for hydroxylation is 2. The molecule has 2 aromatic heterocycles. The number of piperidine rings is 1. The van der Waals surface area contributed by atoms with E-state index in [1.165, 1.54) is 6.33 Å². The number of fused-ring (bicyclic) bond motifs is 2. The molecule has 1 fully saturated rings. The van der Waals surface area contributed by atoms with Crippen molar-refractivity contribution in [2.24, 2.45) is 5.92 Å². The van der Waals surface area contributed by atoms with Gasteiger partial charge in [0.25, 0.3) is 0 Å². The molecule has 0 unspecified atom stereocenters. The molecular formula is C22H24N4O4. The maximum atomic E-state index is 12.9. The van der Waals surface area contributed by atoms with Crippen molar-refractivity contribution in [2.45, 2.75) is 33.2 Å². The summed E-state index contributed by atoms with van der Waals surface area (Å²) in [4.78, 5) is 23.8. The first kappa shape index (κ1) is 18.7. The number of nitrogens with zero attached hydrogens (tertiary/aromatic N) is 3. The van der Waals surface area contributed by atoms with Crippen molar-refractivity contribution in [1.29, 1.82) is 0 Å². The Kier molecular flexibility index (Phi) is 4.69. The van der Waals surface area contributed by atoms with E-state index >= 15 is 0 Å². The van der Waals surface area contributed by atoms with E-state index < -0.39 is 0 Å². The van der Waals surface area contributed by atoms with E-state index in [0.717, 1.165) is 59.0 Å². The number of carbonyl (C=O) groups excluding carboxylic acids is 1. The van der Waals surface area contributed by atoms with Gasteiger partial charge in [-0.25, -0.2) is 9.97 Å². The number of hydrogen-bond donors (Lipinski definition) is 1. The molecule has 2 aliphatic rings. The van der Waals surface area contributed by atoms with E-state index in [4.69, 9.17) is 13.9 Å². The largest absolute Gasteiger partial charge is 0.454 e. The van der Waals surface area contributed by atoms with Gasteiger partial charge in [-0.3, -0.25) is 4.79 Å². The maximum Gasteiger partial charge on any atom is 0.231 e. The van der Waals surface area contributed by atoms with E-state index in [2.05, 4.69) is 20.2 Å². The lowest BCUT2D eigenvalue weighted by atomic mass is 9.96. The summed E-state index contributed by atoms with van der Waals surface area (Å²) in [5.41, 5.74) is 2.64. The number of amides is 1. The zero-order valence-corrected chi connectivity index (χ0v) is 17.1. The Morgan fingerprint density at radius 3 is 3.00 bits per heavy atom. The zero-order valence-electron chi connectivity index (χ0n) is 17.1. The minimum Gasteiger partial charge on any atom is -0.454 e. The van der Waals surface area contributed by atoms with E-state index in [1.54, 1.807) is 0 Å². The summed E-state index contributed by atoms with van der Waals surface area (Å²) < 4.78 is 16.5. The maximum absolute atomic E-state index is 12.9. The fraction of sp³-hybridized carbons (Fsp3) is 0.409. The molecule has 0 saturated carbocycles. The highest BCUT2D eigenvalue weighted by molar-refractivity contribution is 5.90. The van der Waals surface area contributed by atoms with Gasteiger partial charge in [0.2, 0.25) is 18.4 Å². The van der Waals surface area contributed by atoms with Crippen molar-refractivity contribution in [3.8, 4) is 11.5 Å². The summed E-state index contributed by atoms with van der Waals surface area (Å²) in [6.07, 6.45) is 3.33. The van der Waals surface area contributed by atoms with Gasteiger partial charge in [-0.1, -0.05) is 6.07 Å². The predicted molar refractivity (Wildman–Crippen MR) is 111 cm³/mol. The molecule has 0 radical (unpaired) electrons. The summed E-state index contributed by atoms with van der Waals surface area (Å²) in [6, 6.07) is 5.74. The van der Waals surface area contributed by atoms with Crippen molar-refractivity contribution in [3.05, 3.63) is 41.4 Å². The van der Waals surface area contributed by atoms with Gasteiger partial charge in [0, 0.05) is 25.2 Å². The van der Waals surface area contributed by atoms with Crippen LogP contribution in [0.1, 0.15) is 29.7 Å². The summed E-state index contributed by atoms with van der Waals surface area (Å²) in [5.74, 6) is 3.14. The lowest BCUT2D eigenvalue weighted by Gasteiger charge is -2.33. The van der Waals surface area contributed by atoms with E-state index in [-0.39, 0.29) is 18.6 Å². The molecule has 1 atom stereocenters. The van der Waals surface area contributed by atoms with Crippen LogP contribution in [0.15, 0.2) is 28.9 Å². The second-order valence-electron chi connectivity index (χ2n) is 7.85. The number of anilines is 1. The Morgan fingerprint density at radius 1 is 1.23 bits per heavy atom. The number of benzene rings is 1. The molecule has 8 nitrogen and oxygen atoms in total. The Balaban J connectivity index is 1.28. The number of rotatable bonds is 4. The smallest absolute Gasteiger partial charge is 0.231 e. The number of aromatic nitrogens is 2. The topological polar surface area (TPSA) is 89.7 Å². The lowest BCUT2D eigenvalue weighted by Crippen LogP contribution is -2.43. The third-order valence-electron chi connectivity index (χ3n) is 5.94. The van der Waals surface area contributed by atoms with Crippen LogP contribution in [0.2, 0.25) is 0 Å². The Labute approximate surface area is 174 Å². The van der Waals surface area contributed by atoms with Crippen LogP contribution in [0.4, 0.5) is 5.82 Å². The molecule has 1 N–H and O–H groups in total. The molecule has 5 rings (SSSR count). The number of ether oxygens (including phenoxy) is 2. The molecule has 4 heterocycles. The standard InChI is InChI=1S/C22H24N4O4/c1-13-14(2)30-22-19(13)20(24-11-25-22)26-7-3-4-16(10-26)21(27)23-9-15-5-6-17-18(8-15)29-12-28-17/h5-6,8,11,16H,3-4,7,9-10,12H2,1-2H3,(H,23,27)/t16-/m1/s1. The summed E-state index contributed by atoms with van der Waals surface area (Å²) in [5, 5.41) is 4.01. The fourth-order valence-electron chi connectivity index (χ4n) is 4.17. The van der Waals surface area contributed by atoms with Gasteiger partial charge >= 0.3 is 0 Å². The van der Waals surface area contributed by atoms with E-state index in [1.807, 2.05) is 32.0 Å². The van der Waals surface area contributed by atoms with Crippen LogP contribution < -0.4 is 19.7 Å². The Hall–Kier alpha value is -3.29. The van der Waals surface area contributed by atoms with Gasteiger partial charge in [0.05, 0.1) is 11.3 Å². The summed E-state index contributed by atoms with van der Waals surface area (Å²) >= 11 is 0. The molecule has 156 valence electrons. The van der Waals surface area contributed by atoms with E-state index in [0.29, 0.717) is 18.8 Å². The van der Waals surface area contributed by atoms with Crippen LogP contribution in [0, 0.1) is 19.8 Å². The number of furan rings is 1. The quantitative estimate of drug-likeness (QED) is 0.709. The lowest BCUT2D eigenvalue weighted by molar-refractivity contribution is -0.125. The van der Waals surface area contributed by atoms with Crippen molar-refractivity contribution >= 4 is 22.8 Å². The van der Waals surface area contributed by atoms with Crippen LogP contribution in [-0.2, 0) is 11.3 Å². The SMILES string of the molecule is Cc1oc2ncnc(N3CCC[C@@H](C(=O)NCc4ccc5c(c4)OCO5)C3)c2c1C. The number of hydrogen-bond acceptors (Lipinski definition) is 7. The van der Waals surface area contributed by atoms with Gasteiger partial charge in [0.15, 0.2) is 11.5 Å². The molecular weight excluding hydrogens is 384 g/mol. The molecule has 1 amide bonds. The highest BCUT2D eigenvalue weighted by Gasteiger charge is 2.28. The van der Waals surface area contributed by atoms with Gasteiger partial charge in [-0.2, -0.15) is 0 Å². The molecule has 2 aliphatic heterocycles. The molecule has 30 heavy (non-hydrogen) atoms. The Bertz CT molecular complexity index is 1110. The van der Waals surface area contributed by atoms with Crippen molar-refractivity contribution in [1.82, 2.24) is 15.3 Å². The highest BCUT2D eigenvalue weighted by atomic mass is 16.7. The van der Waals surface area contributed by atoms with Gasteiger partial charge in [-0.15, -0.1) is 0 Å². The molecule has 0 bridgehead atoms. The van der Waals surface area contributed by atoms with Crippen LogP contribution in [-0.4, -0.2) is 35.8 Å². The van der Waals surface area contributed by atoms with Crippen LogP contribution in [0.5, 0.6) is 11.5 Å². The normalized spacial score (nSPS) is 18.1. The highest BCUT2D eigenvalue weighted by Crippen LogP contribution is 2.34. The predicted octanol–water partition coefficient (Wildman–Crippen LogP) is 3.10. The first-order chi connectivity index (χ1) is 14.6. The second kappa shape index (κ2) is 7.51. The van der Waals surface area contributed by atoms with Gasteiger partial charge < -0.3 is 24.1 Å². The zero-order chi connectivity index (χ0) is 20.7. The average Bonchev–Trinajstić information content (AvgIpc) is 3.35. The molecule has 1 saturated heterocycles. The third kappa shape index (κ3) is 3.32. The summed E-state index contributed by atoms with van der Waals surface area (Å²) in [7, 11) is 0. The summed E-state index contributed by atoms with van der Waals surface area (Å²) in [6.45, 7) is 6.15. The molecule has 3 aromatic rings. The first-order valence-electron chi connectivity index (χ1n) is 10.2. The van der Waals surface area contributed by atoms with Crippen molar-refractivity contribution < 1.29 is 18.7 Å². The minimum absolute atomic E-state index is 0.0581. The number of carbonyl (C=O) groups is 1. The first-order valence-corrected chi connectivity index (χ1v) is 10.2. The van der Waals surface area contributed by atoms with Crippen LogP contribution in [0.3, 0.4) is 0 Å². The average molecular weight is 408 g/mol. The number of nitrogens with one attached hydrogen (secondary N) is 1. The molecule has 1 aromatic carbocycles. The molecule has 0 spiro atoms. The van der Waals surface area contributed by atoms with E-state index in [9.17, 15) is 4.79 Å². The van der Waals surface area contributed by atoms with Crippen molar-refractivity contribution in [3.63, 3.8) is 0 Å². The van der Waals surface area contributed by atoms with Gasteiger partial charge in [0.1, 0.15) is 17.9 Å². The monoisotopic (exact) mass is 408 g/mol. The fourth-order valence-corrected chi connectivity index (χ4v) is 4.17. The molecule has 0 aliphatic carbocycles.